The van der Waals surface area contributed by atoms with Gasteiger partial charge in [-0.25, -0.2) is 4.98 Å². The molecule has 4 nitrogen and oxygen atoms in total. The number of nitriles is 1. The van der Waals surface area contributed by atoms with E-state index in [1.807, 2.05) is 30.3 Å². The third-order valence-corrected chi connectivity index (χ3v) is 3.10. The number of rotatable bonds is 5. The van der Waals surface area contributed by atoms with Crippen molar-refractivity contribution >= 4 is 22.4 Å². The molecule has 0 amide bonds. The number of pyridine rings is 1. The first-order valence-corrected chi connectivity index (χ1v) is 6.88. The summed E-state index contributed by atoms with van der Waals surface area (Å²) in [6.45, 7) is 5.94. The molecule has 2 N–H and O–H groups in total. The minimum Gasteiger partial charge on any atom is -0.399 e. The van der Waals surface area contributed by atoms with Gasteiger partial charge in [-0.1, -0.05) is 13.8 Å². The van der Waals surface area contributed by atoms with Crippen LogP contribution in [0.2, 0.25) is 0 Å². The normalized spacial score (nSPS) is 10.7. The Morgan fingerprint density at radius 3 is 2.80 bits per heavy atom. The summed E-state index contributed by atoms with van der Waals surface area (Å²) in [5.74, 6) is 1.45. The molecular weight excluding hydrogens is 248 g/mol. The average molecular weight is 268 g/mol. The van der Waals surface area contributed by atoms with Gasteiger partial charge in [0.25, 0.3) is 0 Å². The number of nitrogens with two attached hydrogens (primary N) is 1. The predicted molar refractivity (Wildman–Crippen MR) is 83.4 cm³/mol. The first-order valence-electron chi connectivity index (χ1n) is 6.88. The molecule has 20 heavy (non-hydrogen) atoms. The maximum atomic E-state index is 8.79. The van der Waals surface area contributed by atoms with E-state index in [4.69, 9.17) is 11.0 Å². The van der Waals surface area contributed by atoms with Gasteiger partial charge in [-0.05, 0) is 36.2 Å². The monoisotopic (exact) mass is 268 g/mol. The van der Waals surface area contributed by atoms with Gasteiger partial charge in [0.2, 0.25) is 0 Å². The van der Waals surface area contributed by atoms with Crippen LogP contribution in [0.25, 0.3) is 10.9 Å². The topological polar surface area (TPSA) is 65.9 Å². The lowest BCUT2D eigenvalue weighted by Crippen LogP contribution is -2.29. The lowest BCUT2D eigenvalue weighted by Gasteiger charge is -2.25. The second-order valence-corrected chi connectivity index (χ2v) is 5.37. The van der Waals surface area contributed by atoms with Crippen molar-refractivity contribution < 1.29 is 0 Å². The Morgan fingerprint density at radius 2 is 2.10 bits per heavy atom. The van der Waals surface area contributed by atoms with E-state index in [9.17, 15) is 0 Å². The molecule has 104 valence electrons. The molecule has 1 aromatic heterocycles. The Labute approximate surface area is 119 Å². The van der Waals surface area contributed by atoms with Gasteiger partial charge in [0.1, 0.15) is 5.82 Å². The van der Waals surface area contributed by atoms with Crippen LogP contribution in [0.1, 0.15) is 20.3 Å². The van der Waals surface area contributed by atoms with E-state index in [2.05, 4.69) is 29.8 Å². The van der Waals surface area contributed by atoms with Crippen LogP contribution in [0.15, 0.2) is 30.3 Å². The first kappa shape index (κ1) is 14.1. The van der Waals surface area contributed by atoms with Crippen LogP contribution in [0.3, 0.4) is 0 Å². The van der Waals surface area contributed by atoms with E-state index in [0.29, 0.717) is 18.9 Å². The molecule has 1 aromatic carbocycles. The van der Waals surface area contributed by atoms with E-state index < -0.39 is 0 Å². The Balaban J connectivity index is 2.32. The Bertz CT molecular complexity index is 628. The molecule has 0 unspecified atom stereocenters. The second kappa shape index (κ2) is 6.25. The van der Waals surface area contributed by atoms with E-state index in [0.717, 1.165) is 29.0 Å². The molecule has 4 heteroatoms. The number of fused-ring (bicyclic) bond motifs is 1. The molecule has 0 saturated heterocycles. The van der Waals surface area contributed by atoms with E-state index in [1.165, 1.54) is 0 Å². The second-order valence-electron chi connectivity index (χ2n) is 5.37. The van der Waals surface area contributed by atoms with E-state index >= 15 is 0 Å². The minimum absolute atomic E-state index is 0.508. The zero-order valence-corrected chi connectivity index (χ0v) is 12.0. The number of anilines is 2. The summed E-state index contributed by atoms with van der Waals surface area (Å²) in [5.41, 5.74) is 7.46. The fourth-order valence-corrected chi connectivity index (χ4v) is 2.23. The van der Waals surface area contributed by atoms with Gasteiger partial charge in [-0.3, -0.25) is 0 Å². The quantitative estimate of drug-likeness (QED) is 0.846. The van der Waals surface area contributed by atoms with Gasteiger partial charge in [0.15, 0.2) is 0 Å². The molecule has 0 fully saturated rings. The van der Waals surface area contributed by atoms with Gasteiger partial charge in [-0.15, -0.1) is 0 Å². The summed E-state index contributed by atoms with van der Waals surface area (Å²) in [5, 5.41) is 9.83. The van der Waals surface area contributed by atoms with E-state index in [1.54, 1.807) is 0 Å². The predicted octanol–water partition coefficient (Wildman–Crippen LogP) is 3.19. The van der Waals surface area contributed by atoms with Crippen molar-refractivity contribution in [1.29, 1.82) is 5.26 Å². The fraction of sp³-hybridized carbons (Fsp3) is 0.375. The van der Waals surface area contributed by atoms with Crippen molar-refractivity contribution in [3.63, 3.8) is 0 Å². The highest BCUT2D eigenvalue weighted by Gasteiger charge is 2.10. The highest BCUT2D eigenvalue weighted by Crippen LogP contribution is 2.21. The van der Waals surface area contributed by atoms with Gasteiger partial charge >= 0.3 is 0 Å². The summed E-state index contributed by atoms with van der Waals surface area (Å²) in [6.07, 6.45) is 0.508. The molecule has 0 bridgehead atoms. The van der Waals surface area contributed by atoms with Crippen molar-refractivity contribution in [1.82, 2.24) is 4.98 Å². The van der Waals surface area contributed by atoms with Crippen LogP contribution in [0.4, 0.5) is 11.5 Å². The Hall–Kier alpha value is -2.28. The van der Waals surface area contributed by atoms with Crippen molar-refractivity contribution in [2.24, 2.45) is 5.92 Å². The average Bonchev–Trinajstić information content (AvgIpc) is 2.42. The largest absolute Gasteiger partial charge is 0.399 e. The zero-order valence-electron chi connectivity index (χ0n) is 12.0. The lowest BCUT2D eigenvalue weighted by atomic mass is 10.1. The molecule has 0 aliphatic heterocycles. The van der Waals surface area contributed by atoms with E-state index in [-0.39, 0.29) is 0 Å². The van der Waals surface area contributed by atoms with Crippen LogP contribution >= 0.6 is 0 Å². The Kier molecular flexibility index (Phi) is 4.41. The molecule has 0 spiro atoms. The van der Waals surface area contributed by atoms with Gasteiger partial charge in [-0.2, -0.15) is 5.26 Å². The molecule has 0 aliphatic rings. The van der Waals surface area contributed by atoms with Crippen LogP contribution in [0.5, 0.6) is 0 Å². The fourth-order valence-electron chi connectivity index (χ4n) is 2.23. The maximum absolute atomic E-state index is 8.79. The summed E-state index contributed by atoms with van der Waals surface area (Å²) in [6, 6.07) is 12.0. The highest BCUT2D eigenvalue weighted by molar-refractivity contribution is 5.83. The number of hydrogen-bond acceptors (Lipinski definition) is 4. The molecule has 1 heterocycles. The molecule has 0 aliphatic carbocycles. The third-order valence-electron chi connectivity index (χ3n) is 3.10. The number of nitrogens with zero attached hydrogens (tertiary/aromatic N) is 3. The Morgan fingerprint density at radius 1 is 1.30 bits per heavy atom. The summed E-state index contributed by atoms with van der Waals surface area (Å²) < 4.78 is 0. The number of benzene rings is 1. The molecule has 0 atom stereocenters. The maximum Gasteiger partial charge on any atom is 0.129 e. The lowest BCUT2D eigenvalue weighted by molar-refractivity contribution is 0.608. The van der Waals surface area contributed by atoms with Crippen molar-refractivity contribution in [3.05, 3.63) is 30.3 Å². The van der Waals surface area contributed by atoms with Crippen LogP contribution < -0.4 is 10.6 Å². The summed E-state index contributed by atoms with van der Waals surface area (Å²) in [7, 11) is 0. The molecule has 0 saturated carbocycles. The van der Waals surface area contributed by atoms with Crippen molar-refractivity contribution in [2.75, 3.05) is 23.7 Å². The van der Waals surface area contributed by atoms with Crippen LogP contribution in [-0.4, -0.2) is 18.1 Å². The van der Waals surface area contributed by atoms with Gasteiger partial charge < -0.3 is 10.6 Å². The summed E-state index contributed by atoms with van der Waals surface area (Å²) in [4.78, 5) is 6.85. The van der Waals surface area contributed by atoms with Crippen LogP contribution in [-0.2, 0) is 0 Å². The van der Waals surface area contributed by atoms with Gasteiger partial charge in [0.05, 0.1) is 18.0 Å². The molecule has 2 rings (SSSR count). The smallest absolute Gasteiger partial charge is 0.129 e. The zero-order chi connectivity index (χ0) is 14.5. The molecule has 0 radical (unpaired) electrons. The third kappa shape index (κ3) is 3.39. The minimum atomic E-state index is 0.508. The molecular formula is C16H20N4. The summed E-state index contributed by atoms with van der Waals surface area (Å²) >= 11 is 0. The number of aromatic nitrogens is 1. The van der Waals surface area contributed by atoms with Crippen molar-refractivity contribution in [2.45, 2.75) is 20.3 Å². The first-order chi connectivity index (χ1) is 9.60. The SMILES string of the molecule is CC(C)CN(CCC#N)c1ccc2cc(N)ccc2n1. The number of nitrogen functional groups attached to an aromatic ring is 1. The molecule has 2 aromatic rings. The highest BCUT2D eigenvalue weighted by atomic mass is 15.2. The number of hydrogen-bond donors (Lipinski definition) is 1. The standard InChI is InChI=1S/C16H20N4/c1-12(2)11-20(9-3-8-17)16-7-4-13-10-14(18)5-6-15(13)19-16/h4-7,10,12H,3,9,11,18H2,1-2H3. The van der Waals surface area contributed by atoms with Crippen LogP contribution in [0, 0.1) is 17.2 Å². The van der Waals surface area contributed by atoms with Crippen molar-refractivity contribution in [3.8, 4) is 6.07 Å². The van der Waals surface area contributed by atoms with Gasteiger partial charge in [0, 0.05) is 24.2 Å².